The second-order valence-electron chi connectivity index (χ2n) is 5.17. The number of hydrogen-bond donors (Lipinski definition) is 0. The van der Waals surface area contributed by atoms with Crippen LogP contribution in [0.4, 0.5) is 13.2 Å². The summed E-state index contributed by atoms with van der Waals surface area (Å²) in [7, 11) is 1.18. The van der Waals surface area contributed by atoms with Gasteiger partial charge in [-0.05, 0) is 24.9 Å². The van der Waals surface area contributed by atoms with Crippen molar-refractivity contribution >= 4 is 16.8 Å². The van der Waals surface area contributed by atoms with Crippen LogP contribution in [0.25, 0.3) is 0 Å². The molecule has 0 aliphatic carbocycles. The number of hydrogen-bond acceptors (Lipinski definition) is 6. The lowest BCUT2D eigenvalue weighted by Crippen LogP contribution is -2.25. The highest BCUT2D eigenvalue weighted by atomic mass is 32.2. The highest BCUT2D eigenvalue weighted by Crippen LogP contribution is 2.37. The van der Waals surface area contributed by atoms with E-state index in [-0.39, 0.29) is 12.1 Å². The second kappa shape index (κ2) is 5.05. The number of alkyl halides is 3. The van der Waals surface area contributed by atoms with E-state index in [0.717, 1.165) is 0 Å². The Bertz CT molecular complexity index is 611. The smallest absolute Gasteiger partial charge is 0.437 e. The number of aromatic nitrogens is 3. The molecule has 0 bridgehead atoms. The van der Waals surface area contributed by atoms with Gasteiger partial charge in [0.25, 0.3) is 0 Å². The van der Waals surface area contributed by atoms with Crippen molar-refractivity contribution in [2.75, 3.05) is 0 Å². The maximum atomic E-state index is 12.9. The van der Waals surface area contributed by atoms with E-state index in [1.807, 2.05) is 0 Å². The van der Waals surface area contributed by atoms with Crippen molar-refractivity contribution in [3.63, 3.8) is 0 Å². The molecule has 0 aromatic carbocycles. The molecule has 0 saturated heterocycles. The maximum absolute atomic E-state index is 12.9. The standard InChI is InChI=1S/C10H13F3N4O3S/c1-9(2)4-5(16-20-9)7(21(18)19)6-8(10(11,12)13)15-17(3)14-6/h7H,4H2,1-3H3,(H,18,19)/p-1. The first-order valence-corrected chi connectivity index (χ1v) is 6.96. The molecule has 2 unspecified atom stereocenters. The Morgan fingerprint density at radius 2 is 2.05 bits per heavy atom. The summed E-state index contributed by atoms with van der Waals surface area (Å²) in [5, 5.41) is 8.71. The number of halogens is 3. The van der Waals surface area contributed by atoms with Gasteiger partial charge in [-0.2, -0.15) is 23.1 Å². The van der Waals surface area contributed by atoms with Crippen LogP contribution < -0.4 is 0 Å². The molecule has 0 radical (unpaired) electrons. The van der Waals surface area contributed by atoms with Gasteiger partial charge in [-0.15, -0.1) is 5.10 Å². The van der Waals surface area contributed by atoms with Gasteiger partial charge in [0.15, 0.2) is 5.69 Å². The van der Waals surface area contributed by atoms with E-state index < -0.39 is 39.5 Å². The summed E-state index contributed by atoms with van der Waals surface area (Å²) in [6.07, 6.45) is -4.73. The van der Waals surface area contributed by atoms with Crippen LogP contribution in [0.2, 0.25) is 0 Å². The first kappa shape index (κ1) is 15.9. The molecule has 0 N–H and O–H groups in total. The molecule has 1 aliphatic heterocycles. The van der Waals surface area contributed by atoms with Crippen LogP contribution in [-0.2, 0) is 29.1 Å². The molecular formula is C10H12F3N4O3S-. The van der Waals surface area contributed by atoms with Crippen LogP contribution in [-0.4, -0.2) is 35.1 Å². The minimum atomic E-state index is -4.81. The number of nitrogens with zero attached hydrogens (tertiary/aromatic N) is 4. The molecule has 1 aromatic heterocycles. The number of rotatable bonds is 3. The van der Waals surface area contributed by atoms with Crippen molar-refractivity contribution in [3.8, 4) is 0 Å². The minimum Gasteiger partial charge on any atom is -0.772 e. The van der Waals surface area contributed by atoms with Gasteiger partial charge >= 0.3 is 6.18 Å². The highest BCUT2D eigenvalue weighted by molar-refractivity contribution is 7.80. The molecule has 11 heteroatoms. The van der Waals surface area contributed by atoms with Crippen LogP contribution in [0, 0.1) is 0 Å². The van der Waals surface area contributed by atoms with Gasteiger partial charge in [0.05, 0.1) is 5.71 Å². The van der Waals surface area contributed by atoms with Gasteiger partial charge in [0.2, 0.25) is 0 Å². The van der Waals surface area contributed by atoms with Crippen molar-refractivity contribution < 1.29 is 26.8 Å². The van der Waals surface area contributed by atoms with Gasteiger partial charge in [0, 0.05) is 13.5 Å². The van der Waals surface area contributed by atoms with E-state index in [2.05, 4.69) is 15.4 Å². The first-order valence-electron chi connectivity index (χ1n) is 5.83. The molecule has 2 heterocycles. The van der Waals surface area contributed by atoms with E-state index in [4.69, 9.17) is 4.84 Å². The topological polar surface area (TPSA) is 92.4 Å². The quantitative estimate of drug-likeness (QED) is 0.781. The van der Waals surface area contributed by atoms with Crippen LogP contribution in [0.1, 0.15) is 36.9 Å². The Morgan fingerprint density at radius 3 is 2.48 bits per heavy atom. The molecule has 2 rings (SSSR count). The normalized spacial score (nSPS) is 20.8. The van der Waals surface area contributed by atoms with Crippen LogP contribution in [0.5, 0.6) is 0 Å². The molecule has 2 atom stereocenters. The predicted octanol–water partition coefficient (Wildman–Crippen LogP) is 1.31. The molecule has 0 spiro atoms. The summed E-state index contributed by atoms with van der Waals surface area (Å²) in [4.78, 5) is 5.70. The first-order chi connectivity index (χ1) is 9.51. The molecule has 7 nitrogen and oxygen atoms in total. The number of oxime groups is 1. The lowest BCUT2D eigenvalue weighted by molar-refractivity contribution is -0.142. The van der Waals surface area contributed by atoms with Gasteiger partial charge in [0.1, 0.15) is 16.5 Å². The zero-order chi connectivity index (χ0) is 16.0. The van der Waals surface area contributed by atoms with E-state index in [1.165, 1.54) is 7.05 Å². The average molecular weight is 325 g/mol. The summed E-state index contributed by atoms with van der Waals surface area (Å²) in [6.45, 7) is 3.30. The lowest BCUT2D eigenvalue weighted by Gasteiger charge is -2.19. The fourth-order valence-electron chi connectivity index (χ4n) is 1.98. The van der Waals surface area contributed by atoms with Gasteiger partial charge in [-0.1, -0.05) is 5.16 Å². The third-order valence-corrected chi connectivity index (χ3v) is 3.65. The van der Waals surface area contributed by atoms with E-state index in [9.17, 15) is 21.9 Å². The molecule has 21 heavy (non-hydrogen) atoms. The highest BCUT2D eigenvalue weighted by Gasteiger charge is 2.44. The van der Waals surface area contributed by atoms with Crippen molar-refractivity contribution in [1.29, 1.82) is 0 Å². The fraction of sp³-hybridized carbons (Fsp3) is 0.700. The van der Waals surface area contributed by atoms with Crippen LogP contribution in [0.15, 0.2) is 5.16 Å². The Hall–Kier alpha value is -1.49. The van der Waals surface area contributed by atoms with Crippen molar-refractivity contribution in [2.45, 2.75) is 37.3 Å². The molecule has 118 valence electrons. The van der Waals surface area contributed by atoms with Gasteiger partial charge < -0.3 is 9.39 Å². The average Bonchev–Trinajstić information content (AvgIpc) is 2.82. The summed E-state index contributed by atoms with van der Waals surface area (Å²) >= 11 is -2.89. The molecule has 0 fully saturated rings. The lowest BCUT2D eigenvalue weighted by atomic mass is 9.99. The van der Waals surface area contributed by atoms with Crippen LogP contribution >= 0.6 is 0 Å². The minimum absolute atomic E-state index is 0.0284. The van der Waals surface area contributed by atoms with E-state index >= 15 is 0 Å². The maximum Gasteiger partial charge on any atom is 0.437 e. The Morgan fingerprint density at radius 1 is 1.43 bits per heavy atom. The van der Waals surface area contributed by atoms with Gasteiger partial charge in [-0.3, -0.25) is 4.21 Å². The Balaban J connectivity index is 2.48. The third-order valence-electron chi connectivity index (χ3n) is 2.77. The second-order valence-corrected chi connectivity index (χ2v) is 6.16. The third kappa shape index (κ3) is 3.23. The van der Waals surface area contributed by atoms with Gasteiger partial charge in [-0.25, -0.2) is 0 Å². The van der Waals surface area contributed by atoms with Crippen molar-refractivity contribution in [1.82, 2.24) is 15.0 Å². The monoisotopic (exact) mass is 325 g/mol. The number of aryl methyl sites for hydroxylation is 1. The summed E-state index contributed by atoms with van der Waals surface area (Å²) in [5.41, 5.74) is -2.84. The molecule has 1 aliphatic rings. The van der Waals surface area contributed by atoms with Crippen molar-refractivity contribution in [2.24, 2.45) is 12.2 Å². The summed E-state index contributed by atoms with van der Waals surface area (Å²) in [6, 6.07) is 0. The summed E-state index contributed by atoms with van der Waals surface area (Å²) < 4.78 is 61.6. The zero-order valence-corrected chi connectivity index (χ0v) is 12.2. The largest absolute Gasteiger partial charge is 0.772 e. The molecular weight excluding hydrogens is 313 g/mol. The van der Waals surface area contributed by atoms with Crippen molar-refractivity contribution in [3.05, 3.63) is 11.4 Å². The predicted molar refractivity (Wildman–Crippen MR) is 64.9 cm³/mol. The fourth-order valence-corrected chi connectivity index (χ4v) is 2.67. The zero-order valence-electron chi connectivity index (χ0n) is 11.3. The molecule has 1 aromatic rings. The van der Waals surface area contributed by atoms with Crippen LogP contribution in [0.3, 0.4) is 0 Å². The van der Waals surface area contributed by atoms with E-state index in [0.29, 0.717) is 4.80 Å². The Kier molecular flexibility index (Phi) is 3.82. The SMILES string of the molecule is Cn1nc(C(C2=NOC(C)(C)C2)S(=O)[O-])c(C(F)(F)F)n1. The molecule has 0 amide bonds. The molecule has 0 saturated carbocycles. The van der Waals surface area contributed by atoms with E-state index in [1.54, 1.807) is 13.8 Å². The summed E-state index contributed by atoms with van der Waals surface area (Å²) in [5.74, 6) is 0. The Labute approximate surface area is 120 Å².